The molecule has 0 aliphatic carbocycles. The minimum atomic E-state index is 0.621. The fraction of sp³-hybridized carbons (Fsp3) is 0. The number of pyridine rings is 1. The van der Waals surface area contributed by atoms with Crippen molar-refractivity contribution in [3.63, 3.8) is 0 Å². The van der Waals surface area contributed by atoms with Crippen molar-refractivity contribution in [3.8, 4) is 11.4 Å². The average molecular weight is 258 g/mol. The number of benzene rings is 2. The molecule has 0 radical (unpaired) electrons. The van der Waals surface area contributed by atoms with Gasteiger partial charge >= 0.3 is 0 Å². The van der Waals surface area contributed by atoms with Gasteiger partial charge in [0.1, 0.15) is 11.0 Å². The molecule has 0 N–H and O–H groups in total. The van der Waals surface area contributed by atoms with Crippen LogP contribution < -0.4 is 0 Å². The molecule has 0 saturated heterocycles. The molecule has 0 amide bonds. The molecule has 4 rings (SSSR count). The summed E-state index contributed by atoms with van der Waals surface area (Å²) in [5.41, 5.74) is 3.41. The first-order valence-electron chi connectivity index (χ1n) is 6.35. The minimum absolute atomic E-state index is 0.621. The van der Waals surface area contributed by atoms with Gasteiger partial charge in [-0.2, -0.15) is 0 Å². The molecule has 0 fully saturated rings. The highest BCUT2D eigenvalue weighted by atomic mass is 15.2. The lowest BCUT2D eigenvalue weighted by Crippen LogP contribution is -1.95. The quantitative estimate of drug-likeness (QED) is 0.492. The molecule has 4 aromatic rings. The van der Waals surface area contributed by atoms with Crippen molar-refractivity contribution < 1.29 is 0 Å². The molecule has 0 aliphatic rings. The Morgan fingerprint density at radius 1 is 0.700 bits per heavy atom. The lowest BCUT2D eigenvalue weighted by Gasteiger charge is -2.03. The number of hydrogen-bond donors (Lipinski definition) is 0. The van der Waals surface area contributed by atoms with Crippen molar-refractivity contribution in [3.05, 3.63) is 60.8 Å². The van der Waals surface area contributed by atoms with E-state index < -0.39 is 0 Å². The van der Waals surface area contributed by atoms with E-state index in [1.54, 1.807) is 6.20 Å². The maximum atomic E-state index is 4.56. The second-order valence-electron chi connectivity index (χ2n) is 4.51. The fourth-order valence-corrected chi connectivity index (χ4v) is 2.25. The van der Waals surface area contributed by atoms with E-state index in [9.17, 15) is 0 Å². The number of fused-ring (bicyclic) bond motifs is 3. The fourth-order valence-electron chi connectivity index (χ4n) is 2.25. The van der Waals surface area contributed by atoms with Crippen LogP contribution in [0, 0.1) is 0 Å². The van der Waals surface area contributed by atoms with Crippen LogP contribution in [0.25, 0.3) is 33.3 Å². The monoisotopic (exact) mass is 258 g/mol. The Bertz CT molecular complexity index is 904. The predicted octanol–water partition coefficient (Wildman–Crippen LogP) is 3.24. The molecular weight excluding hydrogens is 248 g/mol. The molecule has 0 saturated carbocycles. The van der Waals surface area contributed by atoms with Gasteiger partial charge in [-0.05, 0) is 6.07 Å². The van der Waals surface area contributed by atoms with Gasteiger partial charge in [-0.15, -0.1) is 10.2 Å². The summed E-state index contributed by atoms with van der Waals surface area (Å²) in [5, 5.41) is 9.55. The van der Waals surface area contributed by atoms with E-state index in [0.29, 0.717) is 5.82 Å². The molecule has 4 heteroatoms. The Kier molecular flexibility index (Phi) is 2.39. The molecule has 0 atom stereocenters. The SMILES string of the molecule is c1ccc(-c2nnc3c(cnc4ccccc43)n2)cc1. The van der Waals surface area contributed by atoms with Gasteiger partial charge in [0, 0.05) is 10.9 Å². The van der Waals surface area contributed by atoms with Crippen LogP contribution in [0.5, 0.6) is 0 Å². The van der Waals surface area contributed by atoms with Crippen LogP contribution in [0.2, 0.25) is 0 Å². The van der Waals surface area contributed by atoms with Crippen LogP contribution >= 0.6 is 0 Å². The second-order valence-corrected chi connectivity index (χ2v) is 4.51. The van der Waals surface area contributed by atoms with Gasteiger partial charge < -0.3 is 0 Å². The third-order valence-electron chi connectivity index (χ3n) is 3.23. The van der Waals surface area contributed by atoms with Crippen LogP contribution in [-0.4, -0.2) is 20.2 Å². The summed E-state index contributed by atoms with van der Waals surface area (Å²) < 4.78 is 0. The van der Waals surface area contributed by atoms with Crippen LogP contribution in [0.1, 0.15) is 0 Å². The number of para-hydroxylation sites is 1. The van der Waals surface area contributed by atoms with Gasteiger partial charge in [0.15, 0.2) is 5.82 Å². The molecule has 94 valence electrons. The summed E-state index contributed by atoms with van der Waals surface area (Å²) in [6.07, 6.45) is 1.75. The summed E-state index contributed by atoms with van der Waals surface area (Å²) in [7, 11) is 0. The smallest absolute Gasteiger partial charge is 0.182 e. The standard InChI is InChI=1S/C16H10N4/c1-2-6-11(7-3-1)16-18-14-10-17-13-9-5-4-8-12(13)15(14)19-20-16/h1-10H. The lowest BCUT2D eigenvalue weighted by atomic mass is 10.2. The highest BCUT2D eigenvalue weighted by molar-refractivity contribution is 6.01. The van der Waals surface area contributed by atoms with Crippen LogP contribution in [-0.2, 0) is 0 Å². The molecule has 20 heavy (non-hydrogen) atoms. The summed E-state index contributed by atoms with van der Waals surface area (Å²) in [5.74, 6) is 0.621. The Balaban J connectivity index is 1.99. The van der Waals surface area contributed by atoms with Crippen molar-refractivity contribution in [2.24, 2.45) is 0 Å². The lowest BCUT2D eigenvalue weighted by molar-refractivity contribution is 1.03. The van der Waals surface area contributed by atoms with Crippen molar-refractivity contribution in [2.75, 3.05) is 0 Å². The minimum Gasteiger partial charge on any atom is -0.254 e. The first-order valence-corrected chi connectivity index (χ1v) is 6.35. The molecule has 0 bridgehead atoms. The van der Waals surface area contributed by atoms with E-state index in [4.69, 9.17) is 0 Å². The maximum Gasteiger partial charge on any atom is 0.182 e. The topological polar surface area (TPSA) is 51.6 Å². The van der Waals surface area contributed by atoms with Crippen molar-refractivity contribution in [1.82, 2.24) is 20.2 Å². The Labute approximate surface area is 115 Å². The highest BCUT2D eigenvalue weighted by Crippen LogP contribution is 2.21. The maximum absolute atomic E-state index is 4.56. The zero-order chi connectivity index (χ0) is 13.4. The number of hydrogen-bond acceptors (Lipinski definition) is 4. The second kappa shape index (κ2) is 4.35. The number of aromatic nitrogens is 4. The molecule has 0 aliphatic heterocycles. The first kappa shape index (κ1) is 11.0. The van der Waals surface area contributed by atoms with Gasteiger partial charge in [-0.3, -0.25) is 4.98 Å². The highest BCUT2D eigenvalue weighted by Gasteiger charge is 2.07. The summed E-state index contributed by atoms with van der Waals surface area (Å²) in [4.78, 5) is 8.97. The molecule has 2 heterocycles. The molecule has 4 nitrogen and oxygen atoms in total. The van der Waals surface area contributed by atoms with Crippen LogP contribution in [0.15, 0.2) is 60.8 Å². The normalized spacial score (nSPS) is 11.0. The van der Waals surface area contributed by atoms with E-state index in [1.807, 2.05) is 54.6 Å². The molecular formula is C16H10N4. The molecule has 2 aromatic carbocycles. The Morgan fingerprint density at radius 2 is 1.50 bits per heavy atom. The number of nitrogens with zero attached hydrogens (tertiary/aromatic N) is 4. The molecule has 0 spiro atoms. The van der Waals surface area contributed by atoms with Crippen LogP contribution in [0.3, 0.4) is 0 Å². The van der Waals surface area contributed by atoms with E-state index >= 15 is 0 Å². The van der Waals surface area contributed by atoms with E-state index in [2.05, 4.69) is 20.2 Å². The number of rotatable bonds is 1. The zero-order valence-electron chi connectivity index (χ0n) is 10.6. The third-order valence-corrected chi connectivity index (χ3v) is 3.23. The predicted molar refractivity (Wildman–Crippen MR) is 78.1 cm³/mol. The first-order chi connectivity index (χ1) is 9.92. The van der Waals surface area contributed by atoms with Crippen LogP contribution in [0.4, 0.5) is 0 Å². The van der Waals surface area contributed by atoms with E-state index in [-0.39, 0.29) is 0 Å². The van der Waals surface area contributed by atoms with Crippen molar-refractivity contribution in [2.45, 2.75) is 0 Å². The van der Waals surface area contributed by atoms with Gasteiger partial charge in [-0.25, -0.2) is 4.98 Å². The third kappa shape index (κ3) is 1.70. The summed E-state index contributed by atoms with van der Waals surface area (Å²) >= 11 is 0. The molecule has 2 aromatic heterocycles. The largest absolute Gasteiger partial charge is 0.254 e. The van der Waals surface area contributed by atoms with Gasteiger partial charge in [0.2, 0.25) is 0 Å². The van der Waals surface area contributed by atoms with Gasteiger partial charge in [0.25, 0.3) is 0 Å². The Morgan fingerprint density at radius 3 is 2.40 bits per heavy atom. The Hall–Kier alpha value is -2.88. The zero-order valence-corrected chi connectivity index (χ0v) is 10.6. The van der Waals surface area contributed by atoms with E-state index in [1.165, 1.54) is 0 Å². The summed E-state index contributed by atoms with van der Waals surface area (Å²) in [6, 6.07) is 17.7. The van der Waals surface area contributed by atoms with Crippen molar-refractivity contribution >= 4 is 21.9 Å². The molecule has 0 unspecified atom stereocenters. The van der Waals surface area contributed by atoms with E-state index in [0.717, 1.165) is 27.5 Å². The summed E-state index contributed by atoms with van der Waals surface area (Å²) in [6.45, 7) is 0. The van der Waals surface area contributed by atoms with Crippen molar-refractivity contribution in [1.29, 1.82) is 0 Å². The average Bonchev–Trinajstić information content (AvgIpc) is 2.55. The van der Waals surface area contributed by atoms with Gasteiger partial charge in [-0.1, -0.05) is 48.5 Å². The van der Waals surface area contributed by atoms with Gasteiger partial charge in [0.05, 0.1) is 11.7 Å².